The second kappa shape index (κ2) is 8.13. The van der Waals surface area contributed by atoms with Crippen LogP contribution in [-0.2, 0) is 6.42 Å². The second-order valence-corrected chi connectivity index (χ2v) is 7.71. The molecule has 0 aliphatic rings. The van der Waals surface area contributed by atoms with Gasteiger partial charge in [0.25, 0.3) is 0 Å². The van der Waals surface area contributed by atoms with E-state index < -0.39 is 0 Å². The van der Waals surface area contributed by atoms with Crippen LogP contribution in [0.15, 0.2) is 60.0 Å². The van der Waals surface area contributed by atoms with Gasteiger partial charge in [-0.2, -0.15) is 4.98 Å². The number of hydrogen-bond donors (Lipinski definition) is 2. The molecule has 0 atom stereocenters. The van der Waals surface area contributed by atoms with Crippen molar-refractivity contribution < 1.29 is 0 Å². The number of hydrogen-bond acceptors (Lipinski definition) is 5. The third-order valence-electron chi connectivity index (χ3n) is 4.05. The van der Waals surface area contributed by atoms with E-state index in [0.29, 0.717) is 21.7 Å². The van der Waals surface area contributed by atoms with E-state index in [0.717, 1.165) is 29.7 Å². The lowest BCUT2D eigenvalue weighted by molar-refractivity contribution is 1.03. The highest BCUT2D eigenvalue weighted by Gasteiger charge is 2.10. The van der Waals surface area contributed by atoms with Crippen molar-refractivity contribution in [2.24, 2.45) is 0 Å². The lowest BCUT2D eigenvalue weighted by Crippen LogP contribution is -2.08. The van der Waals surface area contributed by atoms with E-state index in [1.54, 1.807) is 17.4 Å². The number of thiophene rings is 1. The molecule has 4 rings (SSSR count). The SMILES string of the molecule is Clc1cccc(Nc2nc(NCCc3cccs3)c3ccccc3n2)c1Cl. The second-order valence-electron chi connectivity index (χ2n) is 5.90. The topological polar surface area (TPSA) is 49.8 Å². The molecule has 0 fully saturated rings. The predicted octanol–water partition coefficient (Wildman–Crippen LogP) is 6.40. The van der Waals surface area contributed by atoms with E-state index in [1.165, 1.54) is 4.88 Å². The van der Waals surface area contributed by atoms with Crippen LogP contribution in [0.4, 0.5) is 17.5 Å². The molecule has 0 aliphatic heterocycles. The average molecular weight is 415 g/mol. The minimum atomic E-state index is 0.447. The van der Waals surface area contributed by atoms with Crippen molar-refractivity contribution in [1.29, 1.82) is 0 Å². The average Bonchev–Trinajstić information content (AvgIpc) is 3.19. The van der Waals surface area contributed by atoms with Crippen LogP contribution in [0.25, 0.3) is 10.9 Å². The minimum Gasteiger partial charge on any atom is -0.369 e. The van der Waals surface area contributed by atoms with Crippen molar-refractivity contribution in [2.45, 2.75) is 6.42 Å². The van der Waals surface area contributed by atoms with Gasteiger partial charge in [0, 0.05) is 16.8 Å². The first-order valence-corrected chi connectivity index (χ1v) is 10.1. The van der Waals surface area contributed by atoms with Gasteiger partial charge in [-0.05, 0) is 42.1 Å². The fraction of sp³-hybridized carbons (Fsp3) is 0.100. The van der Waals surface area contributed by atoms with Crippen molar-refractivity contribution >= 4 is 62.9 Å². The maximum absolute atomic E-state index is 6.28. The number of nitrogens with one attached hydrogen (secondary N) is 2. The Labute approximate surface area is 171 Å². The molecule has 2 heterocycles. The van der Waals surface area contributed by atoms with Crippen LogP contribution in [0, 0.1) is 0 Å². The van der Waals surface area contributed by atoms with Gasteiger partial charge in [0.1, 0.15) is 5.82 Å². The van der Waals surface area contributed by atoms with E-state index in [4.69, 9.17) is 23.2 Å². The number of rotatable bonds is 6. The molecule has 0 aliphatic carbocycles. The zero-order valence-corrected chi connectivity index (χ0v) is 16.6. The van der Waals surface area contributed by atoms with Gasteiger partial charge < -0.3 is 10.6 Å². The highest BCUT2D eigenvalue weighted by Crippen LogP contribution is 2.32. The van der Waals surface area contributed by atoms with Gasteiger partial charge in [-0.3, -0.25) is 0 Å². The molecule has 2 aromatic heterocycles. The summed E-state index contributed by atoms with van der Waals surface area (Å²) in [6.07, 6.45) is 0.943. The van der Waals surface area contributed by atoms with Crippen LogP contribution in [0.2, 0.25) is 10.0 Å². The maximum Gasteiger partial charge on any atom is 0.229 e. The van der Waals surface area contributed by atoms with Gasteiger partial charge in [0.15, 0.2) is 0 Å². The van der Waals surface area contributed by atoms with E-state index in [-0.39, 0.29) is 0 Å². The fourth-order valence-corrected chi connectivity index (χ4v) is 3.80. The van der Waals surface area contributed by atoms with Crippen LogP contribution in [0.3, 0.4) is 0 Å². The molecule has 0 bridgehead atoms. The van der Waals surface area contributed by atoms with Gasteiger partial charge in [0.2, 0.25) is 5.95 Å². The van der Waals surface area contributed by atoms with Crippen molar-refractivity contribution in [3.63, 3.8) is 0 Å². The Bertz CT molecular complexity index is 1070. The molecular formula is C20H16Cl2N4S. The van der Waals surface area contributed by atoms with E-state index in [9.17, 15) is 0 Å². The van der Waals surface area contributed by atoms with Crippen LogP contribution in [-0.4, -0.2) is 16.5 Å². The van der Waals surface area contributed by atoms with Gasteiger partial charge in [-0.1, -0.05) is 47.5 Å². The van der Waals surface area contributed by atoms with Crippen molar-refractivity contribution in [2.75, 3.05) is 17.2 Å². The highest BCUT2D eigenvalue weighted by atomic mass is 35.5. The zero-order valence-electron chi connectivity index (χ0n) is 14.2. The standard InChI is InChI=1S/C20H16Cl2N4S/c21-15-7-3-9-17(18(15)22)25-20-24-16-8-2-1-6-14(16)19(26-20)23-11-10-13-5-4-12-27-13/h1-9,12H,10-11H2,(H2,23,24,25,26). The van der Waals surface area contributed by atoms with E-state index in [2.05, 4.69) is 38.1 Å². The van der Waals surface area contributed by atoms with Gasteiger partial charge in [-0.15, -0.1) is 11.3 Å². The Balaban J connectivity index is 1.62. The summed E-state index contributed by atoms with van der Waals surface area (Å²) in [5.41, 5.74) is 1.52. The Morgan fingerprint density at radius 1 is 0.926 bits per heavy atom. The molecule has 4 aromatic rings. The summed E-state index contributed by atoms with van der Waals surface area (Å²) >= 11 is 14.1. The Morgan fingerprint density at radius 2 is 1.81 bits per heavy atom. The molecule has 0 spiro atoms. The molecule has 2 aromatic carbocycles. The molecule has 7 heteroatoms. The summed E-state index contributed by atoms with van der Waals surface area (Å²) in [4.78, 5) is 10.6. The van der Waals surface area contributed by atoms with Gasteiger partial charge in [-0.25, -0.2) is 4.98 Å². The molecular weight excluding hydrogens is 399 g/mol. The molecule has 4 nitrogen and oxygen atoms in total. The smallest absolute Gasteiger partial charge is 0.229 e. The first kappa shape index (κ1) is 18.0. The van der Waals surface area contributed by atoms with Crippen LogP contribution >= 0.6 is 34.5 Å². The summed E-state index contributed by atoms with van der Waals surface area (Å²) in [6, 6.07) is 17.5. The van der Waals surface area contributed by atoms with Crippen LogP contribution in [0.5, 0.6) is 0 Å². The van der Waals surface area contributed by atoms with E-state index >= 15 is 0 Å². The predicted molar refractivity (Wildman–Crippen MR) is 116 cm³/mol. The monoisotopic (exact) mass is 414 g/mol. The summed E-state index contributed by atoms with van der Waals surface area (Å²) in [7, 11) is 0. The lowest BCUT2D eigenvalue weighted by Gasteiger charge is -2.12. The number of para-hydroxylation sites is 1. The Morgan fingerprint density at radius 3 is 2.67 bits per heavy atom. The van der Waals surface area contributed by atoms with Crippen LogP contribution in [0.1, 0.15) is 4.88 Å². The quantitative estimate of drug-likeness (QED) is 0.383. The molecule has 0 amide bonds. The number of aromatic nitrogens is 2. The molecule has 136 valence electrons. The number of halogens is 2. The summed E-state index contributed by atoms with van der Waals surface area (Å²) in [5, 5.41) is 10.6. The number of anilines is 3. The number of fused-ring (bicyclic) bond motifs is 1. The third-order valence-corrected chi connectivity index (χ3v) is 5.80. The molecule has 0 radical (unpaired) electrons. The molecule has 2 N–H and O–H groups in total. The van der Waals surface area contributed by atoms with Gasteiger partial charge in [0.05, 0.1) is 21.2 Å². The first-order chi connectivity index (χ1) is 13.2. The van der Waals surface area contributed by atoms with Crippen molar-refractivity contribution in [1.82, 2.24) is 9.97 Å². The first-order valence-electron chi connectivity index (χ1n) is 8.45. The summed E-state index contributed by atoms with van der Waals surface area (Å²) in [6.45, 7) is 0.791. The van der Waals surface area contributed by atoms with E-state index in [1.807, 2.05) is 36.4 Å². The molecule has 0 saturated carbocycles. The van der Waals surface area contributed by atoms with Crippen LogP contribution < -0.4 is 10.6 Å². The normalized spacial score (nSPS) is 10.9. The summed E-state index contributed by atoms with van der Waals surface area (Å²) < 4.78 is 0. The zero-order chi connectivity index (χ0) is 18.6. The minimum absolute atomic E-state index is 0.447. The van der Waals surface area contributed by atoms with Gasteiger partial charge >= 0.3 is 0 Å². The maximum atomic E-state index is 6.28. The lowest BCUT2D eigenvalue weighted by atomic mass is 10.2. The molecule has 27 heavy (non-hydrogen) atoms. The summed E-state index contributed by atoms with van der Waals surface area (Å²) in [5.74, 6) is 1.26. The Kier molecular flexibility index (Phi) is 5.43. The third kappa shape index (κ3) is 4.16. The fourth-order valence-electron chi connectivity index (χ4n) is 2.75. The molecule has 0 unspecified atom stereocenters. The van der Waals surface area contributed by atoms with Crippen molar-refractivity contribution in [3.05, 3.63) is 74.9 Å². The molecule has 0 saturated heterocycles. The highest BCUT2D eigenvalue weighted by molar-refractivity contribution is 7.09. The number of nitrogens with zero attached hydrogens (tertiary/aromatic N) is 2. The number of benzene rings is 2. The Hall–Kier alpha value is -2.34. The van der Waals surface area contributed by atoms with Crippen molar-refractivity contribution in [3.8, 4) is 0 Å². The largest absolute Gasteiger partial charge is 0.369 e.